The van der Waals surface area contributed by atoms with Crippen LogP contribution in [0.15, 0.2) is 42.6 Å². The largest absolute Gasteiger partial charge is 0.493 e. The Bertz CT molecular complexity index is 1260. The second-order valence-corrected chi connectivity index (χ2v) is 12.3. The Morgan fingerprint density at radius 1 is 1.09 bits per heavy atom. The smallest absolute Gasteiger partial charge is 0.418 e. The van der Waals surface area contributed by atoms with E-state index in [9.17, 15) is 35.9 Å². The number of pyridine rings is 1. The number of alkyl halides is 6. The molecule has 2 aromatic rings. The molecule has 1 amide bonds. The molecule has 0 radical (unpaired) electrons. The van der Waals surface area contributed by atoms with Crippen LogP contribution in [0.3, 0.4) is 0 Å². The summed E-state index contributed by atoms with van der Waals surface area (Å²) >= 11 is 0. The zero-order chi connectivity index (χ0) is 31.9. The fourth-order valence-corrected chi connectivity index (χ4v) is 7.16. The topological polar surface area (TPSA) is 96.0 Å². The van der Waals surface area contributed by atoms with Crippen molar-refractivity contribution in [1.29, 1.82) is 0 Å². The molecule has 2 fully saturated rings. The summed E-state index contributed by atoms with van der Waals surface area (Å²) in [6.07, 6.45) is -8.19. The van der Waals surface area contributed by atoms with E-state index in [1.165, 1.54) is 7.11 Å². The van der Waals surface area contributed by atoms with Crippen LogP contribution in [0.4, 0.5) is 32.2 Å². The van der Waals surface area contributed by atoms with E-state index in [4.69, 9.17) is 9.47 Å². The third-order valence-corrected chi connectivity index (χ3v) is 9.45. The Morgan fingerprint density at radius 3 is 2.43 bits per heavy atom. The number of halogens is 6. The Labute approximate surface area is 252 Å². The molecule has 0 saturated carbocycles. The number of hydrogen-bond acceptors (Lipinski definition) is 8. The summed E-state index contributed by atoms with van der Waals surface area (Å²) < 4.78 is 91.2. The lowest BCUT2D eigenvalue weighted by Crippen LogP contribution is -2.56. The summed E-state index contributed by atoms with van der Waals surface area (Å²) in [4.78, 5) is 32.7. The van der Waals surface area contributed by atoms with Gasteiger partial charge in [0.15, 0.2) is 17.1 Å². The number of amides is 1. The van der Waals surface area contributed by atoms with Crippen LogP contribution in [0.5, 0.6) is 5.75 Å². The van der Waals surface area contributed by atoms with Gasteiger partial charge in [-0.15, -0.1) is 0 Å². The van der Waals surface area contributed by atoms with Gasteiger partial charge in [-0.1, -0.05) is 30.3 Å². The van der Waals surface area contributed by atoms with Crippen molar-refractivity contribution in [1.82, 2.24) is 20.3 Å². The Morgan fingerprint density at radius 2 is 1.80 bits per heavy atom. The maximum absolute atomic E-state index is 13.9. The minimum Gasteiger partial charge on any atom is -0.493 e. The van der Waals surface area contributed by atoms with Crippen LogP contribution in [-0.2, 0) is 26.7 Å². The predicted molar refractivity (Wildman–Crippen MR) is 151 cm³/mol. The van der Waals surface area contributed by atoms with E-state index in [2.05, 4.69) is 15.4 Å². The van der Waals surface area contributed by atoms with Crippen LogP contribution in [0.25, 0.3) is 0 Å². The number of carbonyl (C=O) groups is 2. The molecule has 1 aromatic heterocycles. The zero-order valence-corrected chi connectivity index (χ0v) is 24.9. The van der Waals surface area contributed by atoms with Crippen molar-refractivity contribution in [3.63, 3.8) is 0 Å². The summed E-state index contributed by atoms with van der Waals surface area (Å²) in [6, 6.07) is 8.68. The molecule has 3 atom stereocenters. The number of carbonyl (C=O) groups excluding carboxylic acids is 2. The van der Waals surface area contributed by atoms with Crippen LogP contribution in [-0.4, -0.2) is 93.1 Å². The maximum Gasteiger partial charge on any atom is 0.418 e. The third-order valence-electron chi connectivity index (χ3n) is 7.40. The number of hydrogen-bond donors (Lipinski definition) is 2. The number of benzene rings is 1. The minimum atomic E-state index is -4.68. The third kappa shape index (κ3) is 8.80. The molecule has 1 aromatic carbocycles. The molecular formula is C28H34F6N5O4P. The van der Waals surface area contributed by atoms with Crippen molar-refractivity contribution in [3.05, 3.63) is 53.7 Å². The average molecular weight is 650 g/mol. The number of methoxy groups -OCH3 is 1. The van der Waals surface area contributed by atoms with Crippen molar-refractivity contribution in [2.45, 2.75) is 31.0 Å². The van der Waals surface area contributed by atoms with Gasteiger partial charge in [0.1, 0.15) is 5.92 Å². The molecule has 2 aliphatic heterocycles. The van der Waals surface area contributed by atoms with Crippen LogP contribution in [0.2, 0.25) is 0 Å². The SMILES string of the molecule is COc1cc(C(F)(F)F)cnc1N1CCN(C(=O)CCOCCNC2CNP(Cc3ccccc3)C(=O)C2C(F)(F)F)CC1. The fourth-order valence-electron chi connectivity index (χ4n) is 5.09. The lowest BCUT2D eigenvalue weighted by molar-refractivity contribution is -0.183. The molecule has 9 nitrogen and oxygen atoms in total. The van der Waals surface area contributed by atoms with Crippen molar-refractivity contribution >= 4 is 25.3 Å². The summed E-state index contributed by atoms with van der Waals surface area (Å²) in [7, 11) is -0.415. The monoisotopic (exact) mass is 649 g/mol. The highest BCUT2D eigenvalue weighted by Crippen LogP contribution is 2.47. The molecule has 0 spiro atoms. The number of anilines is 1. The van der Waals surface area contributed by atoms with E-state index in [0.29, 0.717) is 26.2 Å². The Balaban J connectivity index is 1.17. The first-order valence-corrected chi connectivity index (χ1v) is 15.5. The molecule has 3 heterocycles. The highest BCUT2D eigenvalue weighted by Gasteiger charge is 2.53. The van der Waals surface area contributed by atoms with Crippen molar-refractivity contribution in [2.75, 3.05) is 64.5 Å². The zero-order valence-electron chi connectivity index (χ0n) is 24.0. The molecule has 44 heavy (non-hydrogen) atoms. The Kier molecular flexibility index (Phi) is 11.4. The van der Waals surface area contributed by atoms with Gasteiger partial charge < -0.3 is 24.6 Å². The summed E-state index contributed by atoms with van der Waals surface area (Å²) in [5.41, 5.74) is -0.952. The molecule has 2 aliphatic rings. The van der Waals surface area contributed by atoms with Gasteiger partial charge in [0.05, 0.1) is 32.3 Å². The van der Waals surface area contributed by atoms with Crippen LogP contribution in [0, 0.1) is 5.92 Å². The fraction of sp³-hybridized carbons (Fsp3) is 0.536. The highest BCUT2D eigenvalue weighted by molar-refractivity contribution is 7.72. The molecule has 4 rings (SSSR count). The van der Waals surface area contributed by atoms with Crippen molar-refractivity contribution in [2.24, 2.45) is 5.92 Å². The second kappa shape index (κ2) is 14.9. The lowest BCUT2D eigenvalue weighted by atomic mass is 10.0. The molecule has 16 heteroatoms. The number of nitrogens with one attached hydrogen (secondary N) is 2. The molecular weight excluding hydrogens is 615 g/mol. The van der Waals surface area contributed by atoms with E-state index in [1.54, 1.807) is 40.1 Å². The number of ether oxygens (including phenoxy) is 2. The number of piperazine rings is 1. The standard InChI is InChI=1S/C28H34F6N5O4P/c1-42-22-15-20(27(29,30)31)16-36-25(22)39-11-9-38(10-12-39)23(40)7-13-43-14-8-35-21-17-37-44(18-19-5-3-2-4-6-19)26(41)24(21)28(32,33)34/h2-6,15-16,21,24,35,37H,7-14,17-18H2,1H3. The molecule has 242 valence electrons. The van der Waals surface area contributed by atoms with Crippen LogP contribution < -0.4 is 20.0 Å². The number of nitrogens with zero attached hydrogens (tertiary/aromatic N) is 3. The molecule has 2 saturated heterocycles. The quantitative estimate of drug-likeness (QED) is 0.214. The summed E-state index contributed by atoms with van der Waals surface area (Å²) in [5, 5.41) is 5.79. The summed E-state index contributed by atoms with van der Waals surface area (Å²) in [5.74, 6) is -2.05. The lowest BCUT2D eigenvalue weighted by Gasteiger charge is -2.37. The number of aromatic nitrogens is 1. The van der Waals surface area contributed by atoms with Gasteiger partial charge in [-0.3, -0.25) is 14.7 Å². The first-order valence-electron chi connectivity index (χ1n) is 14.0. The van der Waals surface area contributed by atoms with Gasteiger partial charge in [-0.05, 0) is 11.6 Å². The highest BCUT2D eigenvalue weighted by atomic mass is 31.1. The van der Waals surface area contributed by atoms with Crippen molar-refractivity contribution in [3.8, 4) is 5.75 Å². The molecule has 3 unspecified atom stereocenters. The van der Waals surface area contributed by atoms with Gasteiger partial charge in [-0.2, -0.15) is 26.3 Å². The first kappa shape index (κ1) is 33.9. The van der Waals surface area contributed by atoms with E-state index >= 15 is 0 Å². The molecule has 2 N–H and O–H groups in total. The van der Waals surface area contributed by atoms with Gasteiger partial charge >= 0.3 is 12.4 Å². The van der Waals surface area contributed by atoms with E-state index in [1.807, 2.05) is 0 Å². The van der Waals surface area contributed by atoms with Crippen LogP contribution >= 0.6 is 8.07 Å². The van der Waals surface area contributed by atoms with Crippen molar-refractivity contribution < 1.29 is 45.4 Å². The number of rotatable bonds is 11. The van der Waals surface area contributed by atoms with E-state index in [0.717, 1.165) is 17.8 Å². The van der Waals surface area contributed by atoms with Gasteiger partial charge in [0, 0.05) is 65.7 Å². The molecule has 0 aliphatic carbocycles. The predicted octanol–water partition coefficient (Wildman–Crippen LogP) is 4.03. The van der Waals surface area contributed by atoms with Gasteiger partial charge in [0.2, 0.25) is 5.91 Å². The second-order valence-electron chi connectivity index (χ2n) is 10.3. The summed E-state index contributed by atoms with van der Waals surface area (Å²) in [6.45, 7) is 1.49. The van der Waals surface area contributed by atoms with Gasteiger partial charge in [-0.25, -0.2) is 4.98 Å². The average Bonchev–Trinajstić information content (AvgIpc) is 2.99. The first-order chi connectivity index (χ1) is 20.9. The van der Waals surface area contributed by atoms with Crippen LogP contribution in [0.1, 0.15) is 17.5 Å². The minimum absolute atomic E-state index is 0.00716. The van der Waals surface area contributed by atoms with Gasteiger partial charge in [0.25, 0.3) is 0 Å². The maximum atomic E-state index is 13.9. The molecule has 0 bridgehead atoms. The Hall–Kier alpha value is -3.00. The normalized spacial score (nSPS) is 21.4. The van der Waals surface area contributed by atoms with E-state index < -0.39 is 43.5 Å². The van der Waals surface area contributed by atoms with E-state index in [-0.39, 0.29) is 56.4 Å².